The van der Waals surface area contributed by atoms with Gasteiger partial charge in [0.15, 0.2) is 0 Å². The molecule has 10 heavy (non-hydrogen) atoms. The Balaban J connectivity index is -0.000000245. The van der Waals surface area contributed by atoms with Crippen molar-refractivity contribution in [3.8, 4) is 0 Å². The summed E-state index contributed by atoms with van der Waals surface area (Å²) in [7, 11) is 0. The van der Waals surface area contributed by atoms with Crippen molar-refractivity contribution in [1.82, 2.24) is 0 Å². The van der Waals surface area contributed by atoms with Crippen molar-refractivity contribution in [2.75, 3.05) is 0 Å². The van der Waals surface area contributed by atoms with Gasteiger partial charge in [0, 0.05) is 59.1 Å². The van der Waals surface area contributed by atoms with E-state index in [0.29, 0.717) is 0 Å². The Bertz CT molecular complexity index is 32.2. The van der Waals surface area contributed by atoms with E-state index in [9.17, 15) is 0 Å². The van der Waals surface area contributed by atoms with Gasteiger partial charge >= 0.3 is 0 Å². The molecular weight excluding hydrogens is 142 g/mol. The van der Waals surface area contributed by atoms with Crippen LogP contribution in [0.2, 0.25) is 0 Å². The molecule has 0 saturated carbocycles. The Morgan fingerprint density at radius 3 is 1.10 bits per heavy atom. The molecule has 0 aliphatic rings. The van der Waals surface area contributed by atoms with Crippen molar-refractivity contribution in [3.05, 3.63) is 0 Å². The predicted molar refractivity (Wildman–Crippen MR) is 50.6 cm³/mol. The third-order valence-corrected chi connectivity index (χ3v) is 1.46. The molecule has 0 saturated heterocycles. The molecule has 2 radical (unpaired) electrons. The first-order valence-corrected chi connectivity index (χ1v) is 3.91. The summed E-state index contributed by atoms with van der Waals surface area (Å²) in [6.45, 7) is 4.51. The maximum atomic E-state index is 2.26. The molecule has 0 N–H and O–H groups in total. The van der Waals surface area contributed by atoms with E-state index in [1.165, 1.54) is 38.5 Å². The fraction of sp³-hybridized carbons (Fsp3) is 1.00. The van der Waals surface area contributed by atoms with Crippen molar-refractivity contribution in [1.29, 1.82) is 0 Å². The van der Waals surface area contributed by atoms with Gasteiger partial charge in [-0.05, 0) is 0 Å². The van der Waals surface area contributed by atoms with E-state index in [4.69, 9.17) is 0 Å². The molecule has 0 aliphatic heterocycles. The molecule has 0 aliphatic carbocycles. The summed E-state index contributed by atoms with van der Waals surface area (Å²) in [5.74, 6) is 0. The van der Waals surface area contributed by atoms with Crippen LogP contribution in [-0.4, -0.2) is 59.1 Å². The minimum Gasteiger partial charge on any atom is -0.0654 e. The normalized spacial score (nSPS) is 7.80. The number of unbranched alkanes of at least 4 members (excludes halogenated alkanes) is 5. The van der Waals surface area contributed by atoms with E-state index >= 15 is 0 Å². The zero-order chi connectivity index (χ0) is 6.24. The van der Waals surface area contributed by atoms with E-state index in [1.807, 2.05) is 0 Å². The molecule has 0 atom stereocenters. The molecule has 0 rings (SSSR count). The molecule has 0 nitrogen and oxygen atoms in total. The fourth-order valence-corrected chi connectivity index (χ4v) is 0.854. The van der Waals surface area contributed by atoms with E-state index in [0.717, 1.165) is 0 Å². The molecule has 0 spiro atoms. The first-order chi connectivity index (χ1) is 3.91. The van der Waals surface area contributed by atoms with Gasteiger partial charge < -0.3 is 0 Å². The monoisotopic (exact) mass is 160 g/mol. The molecule has 0 aromatic carbocycles. The minimum atomic E-state index is 0. The van der Waals surface area contributed by atoms with E-state index in [2.05, 4.69) is 13.8 Å². The van der Waals surface area contributed by atoms with Crippen molar-refractivity contribution >= 4 is 59.1 Å². The summed E-state index contributed by atoms with van der Waals surface area (Å²) in [5, 5.41) is 0. The predicted octanol–water partition coefficient (Wildman–Crippen LogP) is 2.61. The Labute approximate surface area is 110 Å². The molecular formula is C8H18Na2. The van der Waals surface area contributed by atoms with Gasteiger partial charge in [-0.25, -0.2) is 0 Å². The summed E-state index contributed by atoms with van der Waals surface area (Å²) in [4.78, 5) is 0. The van der Waals surface area contributed by atoms with Gasteiger partial charge in [0.2, 0.25) is 0 Å². The van der Waals surface area contributed by atoms with Gasteiger partial charge in [0.05, 0.1) is 0 Å². The maximum absolute atomic E-state index is 2.26. The van der Waals surface area contributed by atoms with Crippen LogP contribution in [-0.2, 0) is 0 Å². The van der Waals surface area contributed by atoms with Crippen LogP contribution in [0.3, 0.4) is 0 Å². The zero-order valence-corrected chi connectivity index (χ0v) is 12.2. The van der Waals surface area contributed by atoms with Crippen LogP contribution in [0.15, 0.2) is 0 Å². The van der Waals surface area contributed by atoms with Crippen LogP contribution in [0.5, 0.6) is 0 Å². The van der Waals surface area contributed by atoms with Gasteiger partial charge in [0.1, 0.15) is 0 Å². The van der Waals surface area contributed by atoms with Crippen LogP contribution in [0.25, 0.3) is 0 Å². The molecule has 52 valence electrons. The molecule has 0 fully saturated rings. The number of hydrogen-bond acceptors (Lipinski definition) is 0. The Morgan fingerprint density at radius 2 is 0.900 bits per heavy atom. The van der Waals surface area contributed by atoms with Gasteiger partial charge in [-0.15, -0.1) is 0 Å². The smallest absolute Gasteiger partial charge is 0 e. The van der Waals surface area contributed by atoms with Gasteiger partial charge in [0.25, 0.3) is 0 Å². The third-order valence-electron chi connectivity index (χ3n) is 1.46. The Hall–Kier alpha value is 2.00. The molecule has 0 amide bonds. The van der Waals surface area contributed by atoms with Crippen LogP contribution in [0, 0.1) is 0 Å². The molecule has 0 aromatic heterocycles. The third kappa shape index (κ3) is 16.5. The topological polar surface area (TPSA) is 0 Å². The van der Waals surface area contributed by atoms with Gasteiger partial charge in [-0.2, -0.15) is 0 Å². The van der Waals surface area contributed by atoms with Crippen molar-refractivity contribution in [3.63, 3.8) is 0 Å². The Morgan fingerprint density at radius 1 is 0.600 bits per heavy atom. The number of hydrogen-bond donors (Lipinski definition) is 0. The maximum Gasteiger partial charge on any atom is 0 e. The molecule has 0 heterocycles. The van der Waals surface area contributed by atoms with Crippen LogP contribution < -0.4 is 0 Å². The summed E-state index contributed by atoms with van der Waals surface area (Å²) >= 11 is 0. The average molecular weight is 160 g/mol. The molecule has 2 heteroatoms. The summed E-state index contributed by atoms with van der Waals surface area (Å²) in [5.41, 5.74) is 0. The summed E-state index contributed by atoms with van der Waals surface area (Å²) < 4.78 is 0. The van der Waals surface area contributed by atoms with Crippen molar-refractivity contribution < 1.29 is 0 Å². The number of rotatable bonds is 5. The van der Waals surface area contributed by atoms with Gasteiger partial charge in [-0.1, -0.05) is 52.4 Å². The van der Waals surface area contributed by atoms with Crippen LogP contribution in [0.4, 0.5) is 0 Å². The summed E-state index contributed by atoms with van der Waals surface area (Å²) in [6, 6.07) is 0. The summed E-state index contributed by atoms with van der Waals surface area (Å²) in [6.07, 6.45) is 8.49. The molecule has 0 unspecified atom stereocenters. The van der Waals surface area contributed by atoms with Gasteiger partial charge in [-0.3, -0.25) is 0 Å². The SMILES string of the molecule is CCCCCCCC.[Na].[Na]. The van der Waals surface area contributed by atoms with Crippen LogP contribution in [0.1, 0.15) is 52.4 Å². The second-order valence-electron chi connectivity index (χ2n) is 2.41. The average Bonchev–Trinajstić information content (AvgIpc) is 1.81. The standard InChI is InChI=1S/C8H18.2Na/c1-3-5-7-8-6-4-2;;/h3-8H2,1-2H3;;. The first-order valence-electron chi connectivity index (χ1n) is 3.91. The molecule has 0 aromatic rings. The second-order valence-corrected chi connectivity index (χ2v) is 2.41. The Kier molecular flexibility index (Phi) is 30.8. The minimum absolute atomic E-state index is 0. The largest absolute Gasteiger partial charge is 0.0654 e. The molecule has 0 bridgehead atoms. The van der Waals surface area contributed by atoms with E-state index in [1.54, 1.807) is 0 Å². The second kappa shape index (κ2) is 17.2. The quantitative estimate of drug-likeness (QED) is 0.428. The zero-order valence-electron chi connectivity index (χ0n) is 8.24. The fourth-order valence-electron chi connectivity index (χ4n) is 0.854. The van der Waals surface area contributed by atoms with Crippen LogP contribution >= 0.6 is 0 Å². The van der Waals surface area contributed by atoms with E-state index in [-0.39, 0.29) is 59.1 Å². The van der Waals surface area contributed by atoms with E-state index < -0.39 is 0 Å². The van der Waals surface area contributed by atoms with Crippen molar-refractivity contribution in [2.24, 2.45) is 0 Å². The van der Waals surface area contributed by atoms with Crippen molar-refractivity contribution in [2.45, 2.75) is 52.4 Å². The first kappa shape index (κ1) is 17.9.